The Morgan fingerprint density at radius 3 is 2.94 bits per heavy atom. The molecule has 84 valence electrons. The number of aromatic nitrogens is 2. The summed E-state index contributed by atoms with van der Waals surface area (Å²) in [6.07, 6.45) is 4.85. The fraction of sp³-hybridized carbons (Fsp3) is 0.308. The van der Waals surface area contributed by atoms with Gasteiger partial charge in [0.1, 0.15) is 0 Å². The Hall–Kier alpha value is -1.61. The molecule has 0 amide bonds. The summed E-state index contributed by atoms with van der Waals surface area (Å²) in [6.45, 7) is 3.61. The maximum absolute atomic E-state index is 5.51. The lowest BCUT2D eigenvalue weighted by molar-refractivity contribution is 0.685. The Kier molecular flexibility index (Phi) is 3.37. The van der Waals surface area contributed by atoms with E-state index in [9.17, 15) is 0 Å². The highest BCUT2D eigenvalue weighted by Crippen LogP contribution is 2.07. The van der Waals surface area contributed by atoms with E-state index in [0.29, 0.717) is 6.54 Å². The lowest BCUT2D eigenvalue weighted by Crippen LogP contribution is -2.02. The molecular weight excluding hydrogens is 198 g/mol. The number of benzene rings is 1. The van der Waals surface area contributed by atoms with Gasteiger partial charge >= 0.3 is 0 Å². The van der Waals surface area contributed by atoms with Crippen molar-refractivity contribution in [2.45, 2.75) is 19.9 Å². The van der Waals surface area contributed by atoms with E-state index < -0.39 is 0 Å². The monoisotopic (exact) mass is 215 g/mol. The van der Waals surface area contributed by atoms with Crippen LogP contribution in [0.3, 0.4) is 0 Å². The van der Waals surface area contributed by atoms with Gasteiger partial charge in [0.15, 0.2) is 0 Å². The van der Waals surface area contributed by atoms with Gasteiger partial charge < -0.3 is 5.73 Å². The first-order chi connectivity index (χ1) is 7.78. The predicted molar refractivity (Wildman–Crippen MR) is 65.3 cm³/mol. The first-order valence-electron chi connectivity index (χ1n) is 5.55. The molecule has 0 radical (unpaired) electrons. The van der Waals surface area contributed by atoms with Gasteiger partial charge in [0.25, 0.3) is 0 Å². The molecule has 2 rings (SSSR count). The summed E-state index contributed by atoms with van der Waals surface area (Å²) in [7, 11) is 0. The van der Waals surface area contributed by atoms with Gasteiger partial charge in [-0.05, 0) is 31.0 Å². The van der Waals surface area contributed by atoms with Crippen molar-refractivity contribution in [2.75, 3.05) is 6.54 Å². The van der Waals surface area contributed by atoms with E-state index in [1.54, 1.807) is 0 Å². The van der Waals surface area contributed by atoms with Crippen LogP contribution in [0.15, 0.2) is 36.7 Å². The van der Waals surface area contributed by atoms with Crippen LogP contribution in [-0.4, -0.2) is 16.3 Å². The van der Waals surface area contributed by atoms with E-state index in [2.05, 4.69) is 42.5 Å². The summed E-state index contributed by atoms with van der Waals surface area (Å²) >= 11 is 0. The zero-order valence-corrected chi connectivity index (χ0v) is 9.56. The molecule has 0 bridgehead atoms. The molecule has 1 aromatic heterocycles. The molecule has 0 saturated carbocycles. The maximum atomic E-state index is 5.51. The van der Waals surface area contributed by atoms with Gasteiger partial charge in [0, 0.05) is 6.20 Å². The van der Waals surface area contributed by atoms with Crippen molar-refractivity contribution in [1.29, 1.82) is 0 Å². The maximum Gasteiger partial charge on any atom is 0.0659 e. The molecule has 0 unspecified atom stereocenters. The quantitative estimate of drug-likeness (QED) is 0.844. The average molecular weight is 215 g/mol. The van der Waals surface area contributed by atoms with Crippen LogP contribution >= 0.6 is 0 Å². The van der Waals surface area contributed by atoms with Crippen molar-refractivity contribution < 1.29 is 0 Å². The van der Waals surface area contributed by atoms with E-state index >= 15 is 0 Å². The second kappa shape index (κ2) is 4.94. The highest BCUT2D eigenvalue weighted by Gasteiger charge is 1.99. The van der Waals surface area contributed by atoms with E-state index in [0.717, 1.165) is 13.0 Å². The van der Waals surface area contributed by atoms with Crippen molar-refractivity contribution in [2.24, 2.45) is 5.73 Å². The van der Waals surface area contributed by atoms with Crippen molar-refractivity contribution in [3.05, 3.63) is 53.3 Å². The largest absolute Gasteiger partial charge is 0.330 e. The SMILES string of the molecule is Cc1cccc(Cn2cc(CCN)cn2)c1. The van der Waals surface area contributed by atoms with Gasteiger partial charge in [-0.3, -0.25) is 4.68 Å². The van der Waals surface area contributed by atoms with Crippen LogP contribution in [0.25, 0.3) is 0 Å². The zero-order valence-electron chi connectivity index (χ0n) is 9.56. The topological polar surface area (TPSA) is 43.8 Å². The van der Waals surface area contributed by atoms with Crippen LogP contribution in [0, 0.1) is 6.92 Å². The molecule has 0 aliphatic heterocycles. The summed E-state index contributed by atoms with van der Waals surface area (Å²) < 4.78 is 1.96. The Bertz CT molecular complexity index is 460. The van der Waals surface area contributed by atoms with Crippen LogP contribution in [0.1, 0.15) is 16.7 Å². The highest BCUT2D eigenvalue weighted by atomic mass is 15.3. The van der Waals surface area contributed by atoms with Crippen LogP contribution in [0.5, 0.6) is 0 Å². The summed E-state index contributed by atoms with van der Waals surface area (Å²) in [5.74, 6) is 0. The first-order valence-corrected chi connectivity index (χ1v) is 5.55. The minimum Gasteiger partial charge on any atom is -0.330 e. The number of nitrogens with zero attached hydrogens (tertiary/aromatic N) is 2. The second-order valence-electron chi connectivity index (χ2n) is 4.07. The lowest BCUT2D eigenvalue weighted by atomic mass is 10.1. The molecule has 16 heavy (non-hydrogen) atoms. The van der Waals surface area contributed by atoms with E-state index in [-0.39, 0.29) is 0 Å². The molecule has 1 heterocycles. The molecule has 0 fully saturated rings. The van der Waals surface area contributed by atoms with Gasteiger partial charge in [-0.2, -0.15) is 5.10 Å². The molecule has 0 aliphatic carbocycles. The van der Waals surface area contributed by atoms with Gasteiger partial charge in [0.2, 0.25) is 0 Å². The highest BCUT2D eigenvalue weighted by molar-refractivity contribution is 5.22. The zero-order chi connectivity index (χ0) is 11.4. The van der Waals surface area contributed by atoms with Gasteiger partial charge in [-0.15, -0.1) is 0 Å². The van der Waals surface area contributed by atoms with Crippen LogP contribution in [-0.2, 0) is 13.0 Å². The summed E-state index contributed by atoms with van der Waals surface area (Å²) in [6, 6.07) is 8.49. The van der Waals surface area contributed by atoms with Crippen molar-refractivity contribution >= 4 is 0 Å². The molecule has 0 atom stereocenters. The molecule has 0 spiro atoms. The minimum absolute atomic E-state index is 0.677. The number of aryl methyl sites for hydroxylation is 1. The third kappa shape index (κ3) is 2.70. The molecule has 1 aromatic carbocycles. The Morgan fingerprint density at radius 1 is 1.31 bits per heavy atom. The molecule has 3 nitrogen and oxygen atoms in total. The minimum atomic E-state index is 0.677. The van der Waals surface area contributed by atoms with Crippen molar-refractivity contribution in [3.63, 3.8) is 0 Å². The summed E-state index contributed by atoms with van der Waals surface area (Å²) in [5.41, 5.74) is 9.27. The second-order valence-corrected chi connectivity index (χ2v) is 4.07. The number of rotatable bonds is 4. The summed E-state index contributed by atoms with van der Waals surface area (Å²) in [5, 5.41) is 4.32. The Balaban J connectivity index is 2.08. The molecule has 0 saturated heterocycles. The molecule has 3 heteroatoms. The fourth-order valence-corrected chi connectivity index (χ4v) is 1.79. The fourth-order valence-electron chi connectivity index (χ4n) is 1.79. The van der Waals surface area contributed by atoms with Crippen molar-refractivity contribution in [3.8, 4) is 0 Å². The van der Waals surface area contributed by atoms with E-state index in [4.69, 9.17) is 5.73 Å². The van der Waals surface area contributed by atoms with Crippen LogP contribution < -0.4 is 5.73 Å². The predicted octanol–water partition coefficient (Wildman–Crippen LogP) is 1.74. The van der Waals surface area contributed by atoms with Gasteiger partial charge in [-0.1, -0.05) is 29.8 Å². The molecule has 2 aromatic rings. The van der Waals surface area contributed by atoms with Gasteiger partial charge in [0.05, 0.1) is 12.7 Å². The average Bonchev–Trinajstić information content (AvgIpc) is 2.66. The van der Waals surface area contributed by atoms with Gasteiger partial charge in [-0.25, -0.2) is 0 Å². The Labute approximate surface area is 95.9 Å². The van der Waals surface area contributed by atoms with Crippen molar-refractivity contribution in [1.82, 2.24) is 9.78 Å². The summed E-state index contributed by atoms with van der Waals surface area (Å²) in [4.78, 5) is 0. The van der Waals surface area contributed by atoms with Crippen LogP contribution in [0.4, 0.5) is 0 Å². The first kappa shape index (κ1) is 10.9. The molecule has 0 aliphatic rings. The molecular formula is C13H17N3. The third-order valence-corrected chi connectivity index (χ3v) is 2.55. The molecule has 2 N–H and O–H groups in total. The van der Waals surface area contributed by atoms with E-state index in [1.807, 2.05) is 10.9 Å². The normalized spacial score (nSPS) is 10.6. The smallest absolute Gasteiger partial charge is 0.0659 e. The Morgan fingerprint density at radius 2 is 2.19 bits per heavy atom. The number of hydrogen-bond donors (Lipinski definition) is 1. The number of hydrogen-bond acceptors (Lipinski definition) is 2. The lowest BCUT2D eigenvalue weighted by Gasteiger charge is -2.02. The standard InChI is InChI=1S/C13H17N3/c1-11-3-2-4-12(7-11)9-16-10-13(5-6-14)8-15-16/h2-4,7-8,10H,5-6,9,14H2,1H3. The third-order valence-electron chi connectivity index (χ3n) is 2.55. The van der Waals surface area contributed by atoms with E-state index in [1.165, 1.54) is 16.7 Å². The number of nitrogens with two attached hydrogens (primary N) is 1. The van der Waals surface area contributed by atoms with Crippen LogP contribution in [0.2, 0.25) is 0 Å².